The Bertz CT molecular complexity index is 924. The number of carbonyl (C=O) groups is 3. The lowest BCUT2D eigenvalue weighted by Crippen LogP contribution is -2.60. The molecule has 1 aliphatic heterocycles. The SMILES string of the molecule is O=C1NCC(S(=O)(=O)NC(=O)Nc2c3c(cc4c2CCC4)CCC3)C(=O)N1. The van der Waals surface area contributed by atoms with E-state index in [1.54, 1.807) is 0 Å². The zero-order valence-corrected chi connectivity index (χ0v) is 15.4. The van der Waals surface area contributed by atoms with Crippen molar-refractivity contribution in [3.05, 3.63) is 28.3 Å². The van der Waals surface area contributed by atoms with Crippen LogP contribution in [0.1, 0.15) is 35.1 Å². The summed E-state index contributed by atoms with van der Waals surface area (Å²) in [6.45, 7) is -0.386. The summed E-state index contributed by atoms with van der Waals surface area (Å²) in [6, 6.07) is 0.555. The van der Waals surface area contributed by atoms with Gasteiger partial charge in [-0.25, -0.2) is 22.7 Å². The molecule has 1 aromatic carbocycles. The minimum Gasteiger partial charge on any atom is -0.336 e. The molecule has 1 unspecified atom stereocenters. The number of sulfonamides is 1. The second kappa shape index (κ2) is 6.52. The maximum atomic E-state index is 12.4. The van der Waals surface area contributed by atoms with Crippen LogP contribution in [0.15, 0.2) is 6.07 Å². The van der Waals surface area contributed by atoms with Crippen LogP contribution in [0.3, 0.4) is 0 Å². The maximum absolute atomic E-state index is 12.4. The molecular weight excluding hydrogens is 372 g/mol. The Balaban J connectivity index is 1.54. The molecular formula is C17H20N4O5S. The van der Waals surface area contributed by atoms with Crippen molar-refractivity contribution in [2.75, 3.05) is 11.9 Å². The summed E-state index contributed by atoms with van der Waals surface area (Å²) < 4.78 is 26.7. The normalized spacial score (nSPS) is 21.1. The third kappa shape index (κ3) is 3.25. The van der Waals surface area contributed by atoms with Gasteiger partial charge in [-0.15, -0.1) is 0 Å². The fourth-order valence-electron chi connectivity index (χ4n) is 4.07. The number of fused-ring (bicyclic) bond motifs is 2. The van der Waals surface area contributed by atoms with Gasteiger partial charge in [0.15, 0.2) is 5.25 Å². The monoisotopic (exact) mass is 392 g/mol. The predicted molar refractivity (Wildman–Crippen MR) is 96.9 cm³/mol. The molecule has 4 rings (SSSR count). The van der Waals surface area contributed by atoms with Gasteiger partial charge in [0, 0.05) is 12.2 Å². The molecule has 1 fully saturated rings. The summed E-state index contributed by atoms with van der Waals surface area (Å²) in [5.74, 6) is -0.958. The Morgan fingerprint density at radius 3 is 2.26 bits per heavy atom. The summed E-state index contributed by atoms with van der Waals surface area (Å²) in [5, 5.41) is 5.28. The van der Waals surface area contributed by atoms with Crippen molar-refractivity contribution in [3.63, 3.8) is 0 Å². The van der Waals surface area contributed by atoms with Gasteiger partial charge >= 0.3 is 12.1 Å². The standard InChI is InChI=1S/C17H20N4O5S/c22-15-13(8-18-16(23)20-15)27(25,26)21-17(24)19-14-11-5-1-3-9(11)7-10-4-2-6-12(10)14/h7,13H,1-6,8H2,(H2,19,21,24)(H2,18,20,22,23). The molecule has 27 heavy (non-hydrogen) atoms. The number of amides is 5. The third-order valence-electron chi connectivity index (χ3n) is 5.30. The predicted octanol–water partition coefficient (Wildman–Crippen LogP) is 0.323. The summed E-state index contributed by atoms with van der Waals surface area (Å²) >= 11 is 0. The lowest BCUT2D eigenvalue weighted by molar-refractivity contribution is -0.120. The number of hydrogen-bond donors (Lipinski definition) is 4. The van der Waals surface area contributed by atoms with E-state index in [4.69, 9.17) is 0 Å². The molecule has 9 nitrogen and oxygen atoms in total. The average Bonchev–Trinajstić information content (AvgIpc) is 3.22. The van der Waals surface area contributed by atoms with Crippen molar-refractivity contribution in [2.24, 2.45) is 0 Å². The summed E-state index contributed by atoms with van der Waals surface area (Å²) in [6.07, 6.45) is 5.63. The molecule has 0 radical (unpaired) electrons. The van der Waals surface area contributed by atoms with Crippen LogP contribution in [0.5, 0.6) is 0 Å². The first kappa shape index (κ1) is 17.8. The molecule has 1 saturated heterocycles. The molecule has 0 aromatic heterocycles. The van der Waals surface area contributed by atoms with E-state index >= 15 is 0 Å². The number of hydrogen-bond acceptors (Lipinski definition) is 5. The summed E-state index contributed by atoms with van der Waals surface area (Å²) in [7, 11) is -4.29. The van der Waals surface area contributed by atoms with Crippen LogP contribution in [-0.2, 0) is 40.5 Å². The van der Waals surface area contributed by atoms with Gasteiger partial charge < -0.3 is 10.6 Å². The molecule has 3 aliphatic rings. The highest BCUT2D eigenvalue weighted by Crippen LogP contribution is 2.38. The van der Waals surface area contributed by atoms with Crippen molar-refractivity contribution >= 4 is 33.7 Å². The molecule has 2 aliphatic carbocycles. The highest BCUT2D eigenvalue weighted by atomic mass is 32.2. The van der Waals surface area contributed by atoms with Gasteiger partial charge in [0.2, 0.25) is 15.9 Å². The first-order valence-electron chi connectivity index (χ1n) is 8.93. The number of rotatable bonds is 3. The van der Waals surface area contributed by atoms with Gasteiger partial charge in [-0.3, -0.25) is 10.1 Å². The van der Waals surface area contributed by atoms with Gasteiger partial charge in [0.05, 0.1) is 0 Å². The maximum Gasteiger partial charge on any atom is 0.332 e. The van der Waals surface area contributed by atoms with Crippen LogP contribution in [0.4, 0.5) is 15.3 Å². The van der Waals surface area contributed by atoms with E-state index in [0.717, 1.165) is 49.7 Å². The average molecular weight is 392 g/mol. The van der Waals surface area contributed by atoms with Crippen LogP contribution in [-0.4, -0.2) is 38.2 Å². The number of anilines is 1. The Labute approximate surface area is 156 Å². The molecule has 0 spiro atoms. The number of carbonyl (C=O) groups excluding carboxylic acids is 3. The van der Waals surface area contributed by atoms with E-state index in [9.17, 15) is 22.8 Å². The van der Waals surface area contributed by atoms with E-state index in [1.807, 2.05) is 10.0 Å². The summed E-state index contributed by atoms with van der Waals surface area (Å²) in [5.41, 5.74) is 5.29. The van der Waals surface area contributed by atoms with Gasteiger partial charge in [-0.05, 0) is 60.8 Å². The van der Waals surface area contributed by atoms with Crippen molar-refractivity contribution in [3.8, 4) is 0 Å². The molecule has 5 amide bonds. The first-order chi connectivity index (χ1) is 12.8. The van der Waals surface area contributed by atoms with E-state index in [2.05, 4.69) is 16.7 Å². The molecule has 1 atom stereocenters. The van der Waals surface area contributed by atoms with Crippen molar-refractivity contribution in [2.45, 2.75) is 43.8 Å². The fraction of sp³-hybridized carbons (Fsp3) is 0.471. The number of benzene rings is 1. The Morgan fingerprint density at radius 2 is 1.67 bits per heavy atom. The van der Waals surface area contributed by atoms with Crippen LogP contribution in [0.2, 0.25) is 0 Å². The van der Waals surface area contributed by atoms with Crippen molar-refractivity contribution < 1.29 is 22.8 Å². The quantitative estimate of drug-likeness (QED) is 0.588. The molecule has 4 N–H and O–H groups in total. The lowest BCUT2D eigenvalue weighted by atomic mass is 9.99. The van der Waals surface area contributed by atoms with Crippen molar-refractivity contribution in [1.29, 1.82) is 0 Å². The Hall–Kier alpha value is -2.62. The zero-order valence-electron chi connectivity index (χ0n) is 14.6. The van der Waals surface area contributed by atoms with E-state index < -0.39 is 33.2 Å². The number of nitrogens with one attached hydrogen (secondary N) is 4. The molecule has 144 valence electrons. The topological polar surface area (TPSA) is 133 Å². The number of urea groups is 2. The molecule has 1 heterocycles. The van der Waals surface area contributed by atoms with E-state index in [0.29, 0.717) is 5.69 Å². The molecule has 1 aromatic rings. The highest BCUT2D eigenvalue weighted by molar-refractivity contribution is 7.91. The van der Waals surface area contributed by atoms with Gasteiger partial charge in [0.1, 0.15) is 0 Å². The molecule has 0 saturated carbocycles. The minimum absolute atomic E-state index is 0.386. The van der Waals surface area contributed by atoms with Gasteiger partial charge in [-0.1, -0.05) is 6.07 Å². The van der Waals surface area contributed by atoms with Crippen LogP contribution in [0.25, 0.3) is 0 Å². The van der Waals surface area contributed by atoms with Crippen LogP contribution in [0, 0.1) is 0 Å². The second-order valence-electron chi connectivity index (χ2n) is 7.02. The Morgan fingerprint density at radius 1 is 1.04 bits per heavy atom. The lowest BCUT2D eigenvalue weighted by Gasteiger charge is -2.22. The largest absolute Gasteiger partial charge is 0.336 e. The highest BCUT2D eigenvalue weighted by Gasteiger charge is 2.38. The minimum atomic E-state index is -4.29. The van der Waals surface area contributed by atoms with E-state index in [-0.39, 0.29) is 6.54 Å². The van der Waals surface area contributed by atoms with Crippen molar-refractivity contribution in [1.82, 2.24) is 15.4 Å². The number of imide groups is 1. The smallest absolute Gasteiger partial charge is 0.332 e. The Kier molecular flexibility index (Phi) is 4.29. The molecule has 0 bridgehead atoms. The van der Waals surface area contributed by atoms with Gasteiger partial charge in [-0.2, -0.15) is 0 Å². The third-order valence-corrected chi connectivity index (χ3v) is 6.90. The van der Waals surface area contributed by atoms with Crippen LogP contribution < -0.4 is 20.7 Å². The summed E-state index contributed by atoms with van der Waals surface area (Å²) in [4.78, 5) is 35.3. The number of aryl methyl sites for hydroxylation is 2. The van der Waals surface area contributed by atoms with E-state index in [1.165, 1.54) is 11.1 Å². The zero-order chi connectivity index (χ0) is 19.2. The van der Waals surface area contributed by atoms with Crippen LogP contribution >= 0.6 is 0 Å². The molecule has 10 heteroatoms. The van der Waals surface area contributed by atoms with Gasteiger partial charge in [0.25, 0.3) is 0 Å². The first-order valence-corrected chi connectivity index (χ1v) is 10.5. The second-order valence-corrected chi connectivity index (χ2v) is 8.89. The fourth-order valence-corrected chi connectivity index (χ4v) is 5.17.